The average Bonchev–Trinajstić information content (AvgIpc) is 2.60. The number of hydrogen-bond acceptors (Lipinski definition) is 3. The van der Waals surface area contributed by atoms with Crippen LogP contribution in [0.2, 0.25) is 0 Å². The van der Waals surface area contributed by atoms with E-state index in [2.05, 4.69) is 24.5 Å². The first-order valence-corrected chi connectivity index (χ1v) is 8.80. The van der Waals surface area contributed by atoms with Crippen molar-refractivity contribution >= 4 is 17.5 Å². The molecule has 0 fully saturated rings. The number of hydrogen-bond donors (Lipinski definition) is 2. The molecule has 2 rings (SSSR count). The molecular weight excluding hydrogens is 328 g/mol. The van der Waals surface area contributed by atoms with Gasteiger partial charge in [0.25, 0.3) is 11.8 Å². The molecule has 0 radical (unpaired) electrons. The zero-order valence-corrected chi connectivity index (χ0v) is 15.7. The van der Waals surface area contributed by atoms with Gasteiger partial charge in [0.2, 0.25) is 0 Å². The second-order valence-corrected chi connectivity index (χ2v) is 6.90. The Morgan fingerprint density at radius 2 is 1.58 bits per heavy atom. The summed E-state index contributed by atoms with van der Waals surface area (Å²) >= 11 is 0. The Hall–Kier alpha value is -2.82. The van der Waals surface area contributed by atoms with E-state index in [1.54, 1.807) is 42.5 Å². The van der Waals surface area contributed by atoms with Crippen LogP contribution in [0.25, 0.3) is 0 Å². The highest BCUT2D eigenvalue weighted by molar-refractivity contribution is 6.05. The van der Waals surface area contributed by atoms with E-state index in [0.717, 1.165) is 0 Å². The molecule has 138 valence electrons. The van der Waals surface area contributed by atoms with Gasteiger partial charge in [0, 0.05) is 22.9 Å². The summed E-state index contributed by atoms with van der Waals surface area (Å²) in [5.41, 5.74) is 1.58. The van der Waals surface area contributed by atoms with Crippen LogP contribution in [-0.2, 0) is 0 Å². The fourth-order valence-electron chi connectivity index (χ4n) is 2.28. The summed E-state index contributed by atoms with van der Waals surface area (Å²) < 4.78 is 5.66. The minimum atomic E-state index is -0.249. The number of anilines is 1. The molecule has 0 unspecified atom stereocenters. The lowest BCUT2D eigenvalue weighted by Gasteiger charge is -2.11. The smallest absolute Gasteiger partial charge is 0.255 e. The molecule has 26 heavy (non-hydrogen) atoms. The summed E-state index contributed by atoms with van der Waals surface area (Å²) in [6, 6.07) is 14.0. The third kappa shape index (κ3) is 5.92. The minimum Gasteiger partial charge on any atom is -0.493 e. The number of benzene rings is 2. The normalized spacial score (nSPS) is 10.7. The highest BCUT2D eigenvalue weighted by Crippen LogP contribution is 2.17. The molecule has 0 atom stereocenters. The van der Waals surface area contributed by atoms with Gasteiger partial charge in [-0.3, -0.25) is 9.59 Å². The predicted molar refractivity (Wildman–Crippen MR) is 104 cm³/mol. The lowest BCUT2D eigenvalue weighted by molar-refractivity contribution is 0.0941. The molecule has 2 amide bonds. The minimum absolute atomic E-state index is 0.0503. The van der Waals surface area contributed by atoms with Gasteiger partial charge in [0.05, 0.1) is 6.61 Å². The third-order valence-electron chi connectivity index (χ3n) is 3.48. The highest BCUT2D eigenvalue weighted by Gasteiger charge is 2.11. The average molecular weight is 354 g/mol. The van der Waals surface area contributed by atoms with Crippen LogP contribution in [-0.4, -0.2) is 24.5 Å². The van der Waals surface area contributed by atoms with Gasteiger partial charge in [-0.25, -0.2) is 0 Å². The topological polar surface area (TPSA) is 67.4 Å². The summed E-state index contributed by atoms with van der Waals surface area (Å²) in [4.78, 5) is 24.6. The molecule has 0 saturated heterocycles. The molecule has 0 aromatic heterocycles. The van der Waals surface area contributed by atoms with Crippen LogP contribution in [0.5, 0.6) is 5.75 Å². The van der Waals surface area contributed by atoms with Crippen LogP contribution in [0.15, 0.2) is 48.5 Å². The summed E-state index contributed by atoms with van der Waals surface area (Å²) in [6.07, 6.45) is 0. The van der Waals surface area contributed by atoms with E-state index in [0.29, 0.717) is 35.1 Å². The molecule has 0 spiro atoms. The van der Waals surface area contributed by atoms with Crippen molar-refractivity contribution in [2.75, 3.05) is 11.9 Å². The van der Waals surface area contributed by atoms with Gasteiger partial charge in [-0.05, 0) is 56.2 Å². The van der Waals surface area contributed by atoms with Crippen molar-refractivity contribution in [3.8, 4) is 5.75 Å². The van der Waals surface area contributed by atoms with Crippen LogP contribution < -0.4 is 15.4 Å². The first-order valence-electron chi connectivity index (χ1n) is 8.80. The molecule has 0 saturated carbocycles. The second-order valence-electron chi connectivity index (χ2n) is 6.90. The fourth-order valence-corrected chi connectivity index (χ4v) is 2.28. The summed E-state index contributed by atoms with van der Waals surface area (Å²) in [7, 11) is 0. The first kappa shape index (κ1) is 19.5. The number of nitrogens with one attached hydrogen (secondary N) is 2. The van der Waals surface area contributed by atoms with Gasteiger partial charge in [-0.1, -0.05) is 26.0 Å². The maximum Gasteiger partial charge on any atom is 0.255 e. The number of carbonyl (C=O) groups is 2. The number of ether oxygens (including phenoxy) is 1. The lowest BCUT2D eigenvalue weighted by Crippen LogP contribution is -2.30. The number of amides is 2. The van der Waals surface area contributed by atoms with Gasteiger partial charge < -0.3 is 15.4 Å². The van der Waals surface area contributed by atoms with E-state index in [1.807, 2.05) is 19.9 Å². The Morgan fingerprint density at radius 3 is 2.23 bits per heavy atom. The van der Waals surface area contributed by atoms with E-state index in [4.69, 9.17) is 4.74 Å². The second kappa shape index (κ2) is 9.04. The predicted octanol–water partition coefficient (Wildman–Crippen LogP) is 4.11. The Balaban J connectivity index is 2.08. The third-order valence-corrected chi connectivity index (χ3v) is 3.48. The summed E-state index contributed by atoms with van der Waals surface area (Å²) in [6.45, 7) is 8.53. The van der Waals surface area contributed by atoms with Gasteiger partial charge in [0.15, 0.2) is 0 Å². The van der Waals surface area contributed by atoms with Crippen molar-refractivity contribution in [2.24, 2.45) is 5.92 Å². The van der Waals surface area contributed by atoms with Crippen molar-refractivity contribution < 1.29 is 14.3 Å². The summed E-state index contributed by atoms with van der Waals surface area (Å²) in [5.74, 6) is 0.658. The molecule has 0 aliphatic rings. The molecular formula is C21H26N2O3. The number of carbonyl (C=O) groups excluding carboxylic acids is 2. The SMILES string of the molecule is CC(C)COc1cccc(C(=O)Nc2cccc(C(=O)NC(C)C)c2)c1. The van der Waals surface area contributed by atoms with E-state index < -0.39 is 0 Å². The van der Waals surface area contributed by atoms with Gasteiger partial charge in [0.1, 0.15) is 5.75 Å². The zero-order chi connectivity index (χ0) is 19.1. The van der Waals surface area contributed by atoms with E-state index in [1.165, 1.54) is 0 Å². The molecule has 5 heteroatoms. The monoisotopic (exact) mass is 354 g/mol. The first-order chi connectivity index (χ1) is 12.3. The maximum absolute atomic E-state index is 12.5. The lowest BCUT2D eigenvalue weighted by atomic mass is 10.1. The van der Waals surface area contributed by atoms with E-state index >= 15 is 0 Å². The van der Waals surface area contributed by atoms with E-state index in [9.17, 15) is 9.59 Å². The quantitative estimate of drug-likeness (QED) is 0.786. The fraction of sp³-hybridized carbons (Fsp3) is 0.333. The zero-order valence-electron chi connectivity index (χ0n) is 15.7. The van der Waals surface area contributed by atoms with Gasteiger partial charge >= 0.3 is 0 Å². The molecule has 2 aromatic rings. The van der Waals surface area contributed by atoms with Crippen LogP contribution >= 0.6 is 0 Å². The Labute approximate surface area is 154 Å². The van der Waals surface area contributed by atoms with Crippen molar-refractivity contribution in [2.45, 2.75) is 33.7 Å². The molecule has 2 aromatic carbocycles. The largest absolute Gasteiger partial charge is 0.493 e. The van der Waals surface area contributed by atoms with Crippen LogP contribution in [0.4, 0.5) is 5.69 Å². The molecule has 0 aliphatic heterocycles. The van der Waals surface area contributed by atoms with E-state index in [-0.39, 0.29) is 17.9 Å². The van der Waals surface area contributed by atoms with Crippen molar-refractivity contribution in [3.63, 3.8) is 0 Å². The van der Waals surface area contributed by atoms with Gasteiger partial charge in [-0.2, -0.15) is 0 Å². The molecule has 0 bridgehead atoms. The summed E-state index contributed by atoms with van der Waals surface area (Å²) in [5, 5.41) is 5.66. The van der Waals surface area contributed by atoms with Crippen LogP contribution in [0.3, 0.4) is 0 Å². The van der Waals surface area contributed by atoms with Crippen LogP contribution in [0.1, 0.15) is 48.4 Å². The van der Waals surface area contributed by atoms with Gasteiger partial charge in [-0.15, -0.1) is 0 Å². The Bertz CT molecular complexity index is 769. The highest BCUT2D eigenvalue weighted by atomic mass is 16.5. The number of rotatable bonds is 7. The molecule has 0 heterocycles. The molecule has 2 N–H and O–H groups in total. The Kier molecular flexibility index (Phi) is 6.78. The van der Waals surface area contributed by atoms with Crippen LogP contribution in [0, 0.1) is 5.92 Å². The van der Waals surface area contributed by atoms with Crippen molar-refractivity contribution in [1.29, 1.82) is 0 Å². The van der Waals surface area contributed by atoms with Crippen molar-refractivity contribution in [3.05, 3.63) is 59.7 Å². The maximum atomic E-state index is 12.5. The standard InChI is InChI=1S/C21H26N2O3/c1-14(2)13-26-19-10-6-8-17(12-19)21(25)23-18-9-5-7-16(11-18)20(24)22-15(3)4/h5-12,14-15H,13H2,1-4H3,(H,22,24)(H,23,25). The molecule has 5 nitrogen and oxygen atoms in total. The van der Waals surface area contributed by atoms with Crippen molar-refractivity contribution in [1.82, 2.24) is 5.32 Å². The Morgan fingerprint density at radius 1 is 0.923 bits per heavy atom. The molecule has 0 aliphatic carbocycles.